The lowest BCUT2D eigenvalue weighted by Crippen LogP contribution is -2.49. The molecule has 5 nitrogen and oxygen atoms in total. The molecule has 1 aliphatic carbocycles. The van der Waals surface area contributed by atoms with E-state index in [0.29, 0.717) is 32.1 Å². The molecular weight excluding hydrogens is 238 g/mol. The van der Waals surface area contributed by atoms with Gasteiger partial charge in [-0.15, -0.1) is 0 Å². The summed E-state index contributed by atoms with van der Waals surface area (Å²) >= 11 is 0. The Kier molecular flexibility index (Phi) is 4.07. The lowest BCUT2D eigenvalue weighted by Gasteiger charge is -2.34. The molecule has 0 spiro atoms. The van der Waals surface area contributed by atoms with Crippen molar-refractivity contribution in [1.29, 1.82) is 0 Å². The van der Waals surface area contributed by atoms with Crippen LogP contribution in [0, 0.1) is 5.92 Å². The van der Waals surface area contributed by atoms with Crippen LogP contribution < -0.4 is 5.73 Å². The highest BCUT2D eigenvalue weighted by atomic mass is 32.2. The third-order valence-electron chi connectivity index (χ3n) is 3.67. The van der Waals surface area contributed by atoms with Gasteiger partial charge in [0.15, 0.2) is 0 Å². The first kappa shape index (κ1) is 13.3. The van der Waals surface area contributed by atoms with E-state index in [4.69, 9.17) is 5.73 Å². The van der Waals surface area contributed by atoms with E-state index in [1.807, 2.05) is 0 Å². The van der Waals surface area contributed by atoms with Crippen molar-refractivity contribution < 1.29 is 8.42 Å². The highest BCUT2D eigenvalue weighted by Crippen LogP contribution is 2.31. The molecule has 1 aliphatic heterocycles. The smallest absolute Gasteiger partial charge is 0.282 e. The summed E-state index contributed by atoms with van der Waals surface area (Å²) < 4.78 is 28.2. The number of hydrogen-bond acceptors (Lipinski definition) is 3. The zero-order chi connectivity index (χ0) is 12.5. The highest BCUT2D eigenvalue weighted by Gasteiger charge is 2.40. The number of hydrogen-bond donors (Lipinski definition) is 1. The molecule has 0 amide bonds. The minimum atomic E-state index is -3.26. The van der Waals surface area contributed by atoms with Crippen LogP contribution >= 0.6 is 0 Å². The second kappa shape index (κ2) is 5.22. The number of rotatable bonds is 5. The molecular formula is C11H23N3O2S. The molecule has 1 saturated carbocycles. The Hall–Kier alpha value is -0.170. The van der Waals surface area contributed by atoms with Gasteiger partial charge in [-0.1, -0.05) is 6.92 Å². The average molecular weight is 261 g/mol. The van der Waals surface area contributed by atoms with Gasteiger partial charge in [-0.2, -0.15) is 17.0 Å². The van der Waals surface area contributed by atoms with E-state index in [1.54, 1.807) is 8.61 Å². The monoisotopic (exact) mass is 261 g/mol. The quantitative estimate of drug-likeness (QED) is 0.778. The van der Waals surface area contributed by atoms with Crippen LogP contribution in [0.3, 0.4) is 0 Å². The van der Waals surface area contributed by atoms with Crippen LogP contribution in [-0.2, 0) is 10.2 Å². The summed E-state index contributed by atoms with van der Waals surface area (Å²) in [4.78, 5) is 0. The predicted octanol–water partition coefficient (Wildman–Crippen LogP) is 0.386. The van der Waals surface area contributed by atoms with Gasteiger partial charge >= 0.3 is 0 Å². The van der Waals surface area contributed by atoms with Crippen LogP contribution in [0.1, 0.15) is 32.6 Å². The molecule has 0 aromatic heterocycles. The summed E-state index contributed by atoms with van der Waals surface area (Å²) in [7, 11) is -3.26. The largest absolute Gasteiger partial charge is 0.329 e. The predicted molar refractivity (Wildman–Crippen MR) is 67.7 cm³/mol. The minimum Gasteiger partial charge on any atom is -0.329 e. The van der Waals surface area contributed by atoms with Gasteiger partial charge in [0.05, 0.1) is 0 Å². The fourth-order valence-electron chi connectivity index (χ4n) is 2.34. The van der Waals surface area contributed by atoms with Crippen molar-refractivity contribution in [2.24, 2.45) is 11.7 Å². The van der Waals surface area contributed by atoms with E-state index in [0.717, 1.165) is 25.7 Å². The first-order valence-corrected chi connectivity index (χ1v) is 7.92. The molecule has 0 bridgehead atoms. The van der Waals surface area contributed by atoms with Gasteiger partial charge in [0.25, 0.3) is 10.2 Å². The van der Waals surface area contributed by atoms with Crippen molar-refractivity contribution in [1.82, 2.24) is 8.61 Å². The molecule has 2 N–H and O–H groups in total. The van der Waals surface area contributed by atoms with Crippen LogP contribution in [0.25, 0.3) is 0 Å². The van der Waals surface area contributed by atoms with Crippen LogP contribution in [0.4, 0.5) is 0 Å². The lowest BCUT2D eigenvalue weighted by molar-refractivity contribution is 0.263. The van der Waals surface area contributed by atoms with E-state index < -0.39 is 10.2 Å². The Morgan fingerprint density at radius 1 is 1.24 bits per heavy atom. The van der Waals surface area contributed by atoms with Crippen LogP contribution in [0.5, 0.6) is 0 Å². The fraction of sp³-hybridized carbons (Fsp3) is 1.00. The second-order valence-electron chi connectivity index (χ2n) is 5.22. The van der Waals surface area contributed by atoms with E-state index in [-0.39, 0.29) is 6.04 Å². The van der Waals surface area contributed by atoms with Gasteiger partial charge in [0, 0.05) is 32.2 Å². The van der Waals surface area contributed by atoms with E-state index in [9.17, 15) is 8.42 Å². The molecule has 17 heavy (non-hydrogen) atoms. The molecule has 1 heterocycles. The number of piperidine rings is 1. The van der Waals surface area contributed by atoms with Crippen molar-refractivity contribution in [2.75, 3.05) is 26.2 Å². The summed E-state index contributed by atoms with van der Waals surface area (Å²) in [5.41, 5.74) is 5.52. The molecule has 0 unspecified atom stereocenters. The summed E-state index contributed by atoms with van der Waals surface area (Å²) in [5.74, 6) is 0.644. The van der Waals surface area contributed by atoms with Crippen molar-refractivity contribution in [2.45, 2.75) is 38.6 Å². The van der Waals surface area contributed by atoms with Gasteiger partial charge in [-0.05, 0) is 31.6 Å². The molecule has 0 aromatic rings. The van der Waals surface area contributed by atoms with Crippen molar-refractivity contribution in [3.8, 4) is 0 Å². The summed E-state index contributed by atoms with van der Waals surface area (Å²) in [6.07, 6.45) is 3.92. The lowest BCUT2D eigenvalue weighted by atomic mass is 10.0. The second-order valence-corrected chi connectivity index (χ2v) is 7.10. The summed E-state index contributed by atoms with van der Waals surface area (Å²) in [6, 6.07) is 0.211. The fourth-order valence-corrected chi connectivity index (χ4v) is 4.23. The van der Waals surface area contributed by atoms with Crippen molar-refractivity contribution >= 4 is 10.2 Å². The van der Waals surface area contributed by atoms with Crippen LogP contribution in [0.2, 0.25) is 0 Å². The van der Waals surface area contributed by atoms with Gasteiger partial charge < -0.3 is 5.73 Å². The maximum Gasteiger partial charge on any atom is 0.282 e. The Morgan fingerprint density at radius 3 is 2.29 bits per heavy atom. The van der Waals surface area contributed by atoms with E-state index in [2.05, 4.69) is 6.92 Å². The van der Waals surface area contributed by atoms with Crippen molar-refractivity contribution in [3.63, 3.8) is 0 Å². The molecule has 2 aliphatic rings. The number of nitrogens with two attached hydrogens (primary N) is 1. The minimum absolute atomic E-state index is 0.211. The van der Waals surface area contributed by atoms with E-state index >= 15 is 0 Å². The summed E-state index contributed by atoms with van der Waals surface area (Å²) in [6.45, 7) is 4.37. The van der Waals surface area contributed by atoms with Gasteiger partial charge in [-0.25, -0.2) is 0 Å². The van der Waals surface area contributed by atoms with Crippen LogP contribution in [0.15, 0.2) is 0 Å². The van der Waals surface area contributed by atoms with Gasteiger partial charge in [-0.3, -0.25) is 0 Å². The maximum atomic E-state index is 12.5. The number of nitrogens with zero attached hydrogens (tertiary/aromatic N) is 2. The third kappa shape index (κ3) is 2.99. The zero-order valence-electron chi connectivity index (χ0n) is 10.5. The Balaban J connectivity index is 2.05. The van der Waals surface area contributed by atoms with Crippen LogP contribution in [-0.4, -0.2) is 49.2 Å². The topological polar surface area (TPSA) is 66.6 Å². The molecule has 6 heteroatoms. The van der Waals surface area contributed by atoms with Gasteiger partial charge in [0.2, 0.25) is 0 Å². The molecule has 0 atom stereocenters. The average Bonchev–Trinajstić information content (AvgIpc) is 3.10. The first-order chi connectivity index (χ1) is 8.05. The Bertz CT molecular complexity index is 346. The molecule has 100 valence electrons. The highest BCUT2D eigenvalue weighted by molar-refractivity contribution is 7.86. The molecule has 0 aromatic carbocycles. The maximum absolute atomic E-state index is 12.5. The third-order valence-corrected chi connectivity index (χ3v) is 5.76. The molecule has 1 saturated heterocycles. The summed E-state index contributed by atoms with van der Waals surface area (Å²) in [5, 5.41) is 0. The Labute approximate surface area is 104 Å². The van der Waals surface area contributed by atoms with Crippen molar-refractivity contribution in [3.05, 3.63) is 0 Å². The zero-order valence-corrected chi connectivity index (χ0v) is 11.3. The molecule has 2 rings (SSSR count). The Morgan fingerprint density at radius 2 is 1.82 bits per heavy atom. The normalized spacial score (nSPS) is 24.4. The molecule has 0 radical (unpaired) electrons. The van der Waals surface area contributed by atoms with Gasteiger partial charge in [0.1, 0.15) is 0 Å². The molecule has 2 fully saturated rings. The van der Waals surface area contributed by atoms with E-state index in [1.165, 1.54) is 0 Å². The first-order valence-electron chi connectivity index (χ1n) is 6.52. The SMILES string of the molecule is CC1CCN(S(=O)(=O)N(CCN)C2CC2)CC1. The standard InChI is InChI=1S/C11H23N3O2S/c1-10-4-7-13(8-5-10)17(15,16)14(9-6-12)11-2-3-11/h10-11H,2-9,12H2,1H3.